The maximum atomic E-state index is 13.3. The molecule has 2 aromatic carbocycles. The molecule has 0 radical (unpaired) electrons. The van der Waals surface area contributed by atoms with Gasteiger partial charge in [0.1, 0.15) is 5.75 Å². The van der Waals surface area contributed by atoms with Gasteiger partial charge in [-0.15, -0.1) is 0 Å². The molecule has 0 N–H and O–H groups in total. The van der Waals surface area contributed by atoms with E-state index in [1.165, 1.54) is 18.2 Å². The molecular formula is C18H17FO4. The first-order valence-electron chi connectivity index (χ1n) is 7.19. The first kappa shape index (κ1) is 16.7. The number of halogens is 1. The summed E-state index contributed by atoms with van der Waals surface area (Å²) in [6.07, 6.45) is -0.321. The predicted molar refractivity (Wildman–Crippen MR) is 82.8 cm³/mol. The van der Waals surface area contributed by atoms with E-state index >= 15 is 0 Å². The quantitative estimate of drug-likeness (QED) is 0.623. The molecule has 0 spiro atoms. The van der Waals surface area contributed by atoms with Gasteiger partial charge in [0.2, 0.25) is 0 Å². The van der Waals surface area contributed by atoms with Gasteiger partial charge in [0.15, 0.2) is 11.6 Å². The first-order chi connectivity index (χ1) is 11.0. The molecule has 0 aliphatic carbocycles. The molecule has 2 rings (SSSR count). The van der Waals surface area contributed by atoms with Crippen molar-refractivity contribution in [1.82, 2.24) is 0 Å². The molecule has 5 heteroatoms. The van der Waals surface area contributed by atoms with Crippen LogP contribution >= 0.6 is 0 Å². The van der Waals surface area contributed by atoms with Crippen LogP contribution < -0.4 is 9.47 Å². The van der Waals surface area contributed by atoms with Gasteiger partial charge in [-0.25, -0.2) is 4.39 Å². The van der Waals surface area contributed by atoms with Gasteiger partial charge in [-0.2, -0.15) is 0 Å². The zero-order valence-corrected chi connectivity index (χ0v) is 13.0. The number of rotatable bonds is 5. The van der Waals surface area contributed by atoms with Crippen molar-refractivity contribution in [2.75, 3.05) is 0 Å². The SMILES string of the molecule is Cc1cccc(OC(=O)CCC(=O)Oc2ccccc2F)c1C. The highest BCUT2D eigenvalue weighted by Crippen LogP contribution is 2.21. The van der Waals surface area contributed by atoms with Crippen molar-refractivity contribution in [3.05, 3.63) is 59.4 Å². The van der Waals surface area contributed by atoms with Crippen LogP contribution in [0.15, 0.2) is 42.5 Å². The molecule has 0 amide bonds. The highest BCUT2D eigenvalue weighted by atomic mass is 19.1. The standard InChI is InChI=1S/C18H17FO4/c1-12-6-5-9-15(13(12)2)22-17(20)10-11-18(21)23-16-8-4-3-7-14(16)19/h3-9H,10-11H2,1-2H3. The van der Waals surface area contributed by atoms with E-state index in [4.69, 9.17) is 9.47 Å². The molecule has 0 aromatic heterocycles. The maximum absolute atomic E-state index is 13.3. The summed E-state index contributed by atoms with van der Waals surface area (Å²) < 4.78 is 23.4. The average Bonchev–Trinajstić information content (AvgIpc) is 2.52. The summed E-state index contributed by atoms with van der Waals surface area (Å²) in [6, 6.07) is 11.0. The number of hydrogen-bond acceptors (Lipinski definition) is 4. The fourth-order valence-corrected chi connectivity index (χ4v) is 1.91. The molecule has 4 nitrogen and oxygen atoms in total. The Labute approximate surface area is 133 Å². The topological polar surface area (TPSA) is 52.6 Å². The second-order valence-electron chi connectivity index (χ2n) is 5.08. The first-order valence-corrected chi connectivity index (χ1v) is 7.19. The Hall–Kier alpha value is -2.69. The third-order valence-electron chi connectivity index (χ3n) is 3.37. The van der Waals surface area contributed by atoms with Crippen LogP contribution in [0.2, 0.25) is 0 Å². The lowest BCUT2D eigenvalue weighted by molar-refractivity contribution is -0.140. The number of hydrogen-bond donors (Lipinski definition) is 0. The van der Waals surface area contributed by atoms with Gasteiger partial charge in [-0.05, 0) is 43.2 Å². The summed E-state index contributed by atoms with van der Waals surface area (Å²) in [4.78, 5) is 23.4. The Morgan fingerprint density at radius 2 is 1.43 bits per heavy atom. The number of carbonyl (C=O) groups excluding carboxylic acids is 2. The van der Waals surface area contributed by atoms with E-state index in [1.807, 2.05) is 19.9 Å². The van der Waals surface area contributed by atoms with Crippen molar-refractivity contribution in [3.63, 3.8) is 0 Å². The second kappa shape index (κ2) is 7.54. The van der Waals surface area contributed by atoms with Crippen LogP contribution in [-0.2, 0) is 9.59 Å². The second-order valence-corrected chi connectivity index (χ2v) is 5.08. The van der Waals surface area contributed by atoms with Crippen LogP contribution in [0.5, 0.6) is 11.5 Å². The molecular weight excluding hydrogens is 299 g/mol. The lowest BCUT2D eigenvalue weighted by Gasteiger charge is -2.09. The molecule has 0 atom stereocenters. The van der Waals surface area contributed by atoms with Crippen molar-refractivity contribution in [1.29, 1.82) is 0 Å². The Kier molecular flexibility index (Phi) is 5.46. The Morgan fingerprint density at radius 1 is 0.870 bits per heavy atom. The molecule has 0 fully saturated rings. The highest BCUT2D eigenvalue weighted by molar-refractivity contribution is 5.80. The number of carbonyl (C=O) groups is 2. The summed E-state index contributed by atoms with van der Waals surface area (Å²) in [5.74, 6) is -1.53. The van der Waals surface area contributed by atoms with Crippen molar-refractivity contribution in [3.8, 4) is 11.5 Å². The van der Waals surface area contributed by atoms with Crippen LogP contribution in [0.3, 0.4) is 0 Å². The van der Waals surface area contributed by atoms with Gasteiger partial charge in [-0.1, -0.05) is 24.3 Å². The lowest BCUT2D eigenvalue weighted by atomic mass is 10.1. The van der Waals surface area contributed by atoms with E-state index in [1.54, 1.807) is 18.2 Å². The van der Waals surface area contributed by atoms with Crippen LogP contribution in [0.4, 0.5) is 4.39 Å². The van der Waals surface area contributed by atoms with E-state index < -0.39 is 17.8 Å². The Bertz CT molecular complexity index is 725. The number of ether oxygens (including phenoxy) is 2. The molecule has 0 saturated carbocycles. The number of para-hydroxylation sites is 1. The fourth-order valence-electron chi connectivity index (χ4n) is 1.91. The fraction of sp³-hybridized carbons (Fsp3) is 0.222. The smallest absolute Gasteiger partial charge is 0.311 e. The van der Waals surface area contributed by atoms with Crippen LogP contribution in [0, 0.1) is 19.7 Å². The van der Waals surface area contributed by atoms with Gasteiger partial charge in [0.25, 0.3) is 0 Å². The summed E-state index contributed by atoms with van der Waals surface area (Å²) in [7, 11) is 0. The molecule has 23 heavy (non-hydrogen) atoms. The minimum Gasteiger partial charge on any atom is -0.426 e. The average molecular weight is 316 g/mol. The van der Waals surface area contributed by atoms with Crippen LogP contribution in [-0.4, -0.2) is 11.9 Å². The van der Waals surface area contributed by atoms with E-state index in [9.17, 15) is 14.0 Å². The zero-order chi connectivity index (χ0) is 16.8. The molecule has 120 valence electrons. The van der Waals surface area contributed by atoms with E-state index in [-0.39, 0.29) is 18.6 Å². The minimum absolute atomic E-state index is 0.138. The molecule has 0 unspecified atom stereocenters. The third kappa shape index (κ3) is 4.64. The number of aryl methyl sites for hydroxylation is 1. The Morgan fingerprint density at radius 3 is 2.09 bits per heavy atom. The highest BCUT2D eigenvalue weighted by Gasteiger charge is 2.13. The van der Waals surface area contributed by atoms with Crippen molar-refractivity contribution in [2.24, 2.45) is 0 Å². The molecule has 0 aliphatic rings. The lowest BCUT2D eigenvalue weighted by Crippen LogP contribution is -2.15. The summed E-state index contributed by atoms with van der Waals surface area (Å²) in [6.45, 7) is 3.77. The van der Waals surface area contributed by atoms with Gasteiger partial charge < -0.3 is 9.47 Å². The number of esters is 2. The van der Waals surface area contributed by atoms with Crippen LogP contribution in [0.25, 0.3) is 0 Å². The largest absolute Gasteiger partial charge is 0.426 e. The minimum atomic E-state index is -0.687. The van der Waals surface area contributed by atoms with Gasteiger partial charge in [-0.3, -0.25) is 9.59 Å². The molecule has 0 heterocycles. The molecule has 0 saturated heterocycles. The zero-order valence-electron chi connectivity index (χ0n) is 13.0. The summed E-state index contributed by atoms with van der Waals surface area (Å²) in [5.41, 5.74) is 1.88. The van der Waals surface area contributed by atoms with Gasteiger partial charge in [0.05, 0.1) is 12.8 Å². The maximum Gasteiger partial charge on any atom is 0.311 e. The molecule has 0 bridgehead atoms. The van der Waals surface area contributed by atoms with Crippen LogP contribution in [0.1, 0.15) is 24.0 Å². The predicted octanol–water partition coefficient (Wildman–Crippen LogP) is 3.73. The van der Waals surface area contributed by atoms with E-state index in [0.717, 1.165) is 11.1 Å². The van der Waals surface area contributed by atoms with E-state index in [0.29, 0.717) is 5.75 Å². The van der Waals surface area contributed by atoms with Gasteiger partial charge >= 0.3 is 11.9 Å². The third-order valence-corrected chi connectivity index (χ3v) is 3.37. The van der Waals surface area contributed by atoms with Gasteiger partial charge in [0, 0.05) is 0 Å². The number of benzene rings is 2. The van der Waals surface area contributed by atoms with Crippen molar-refractivity contribution in [2.45, 2.75) is 26.7 Å². The monoisotopic (exact) mass is 316 g/mol. The van der Waals surface area contributed by atoms with Crippen molar-refractivity contribution >= 4 is 11.9 Å². The summed E-state index contributed by atoms with van der Waals surface area (Å²) >= 11 is 0. The molecule has 2 aromatic rings. The Balaban J connectivity index is 1.86. The molecule has 0 aliphatic heterocycles. The normalized spacial score (nSPS) is 10.2. The summed E-state index contributed by atoms with van der Waals surface area (Å²) in [5, 5.41) is 0. The van der Waals surface area contributed by atoms with Crippen molar-refractivity contribution < 1.29 is 23.5 Å². The van der Waals surface area contributed by atoms with E-state index in [2.05, 4.69) is 0 Å².